The number of nitrogens with one attached hydrogen (secondary N) is 1. The Morgan fingerprint density at radius 3 is 2.61 bits per heavy atom. The highest BCUT2D eigenvalue weighted by molar-refractivity contribution is 5.33. The van der Waals surface area contributed by atoms with Crippen molar-refractivity contribution in [3.8, 4) is 5.75 Å². The third kappa shape index (κ3) is 3.19. The van der Waals surface area contributed by atoms with Crippen LogP contribution in [0, 0.1) is 5.82 Å². The fraction of sp³-hybridized carbons (Fsp3) is 0.538. The zero-order valence-electron chi connectivity index (χ0n) is 11.1. The van der Waals surface area contributed by atoms with Crippen molar-refractivity contribution < 1.29 is 13.9 Å². The summed E-state index contributed by atoms with van der Waals surface area (Å²) in [5.41, 5.74) is 3.08. The van der Waals surface area contributed by atoms with E-state index in [0.29, 0.717) is 12.2 Å². The molecule has 0 saturated heterocycles. The molecule has 3 N–H and O–H groups in total. The fourth-order valence-electron chi connectivity index (χ4n) is 1.99. The number of hydrogen-bond donors (Lipinski definition) is 2. The average Bonchev–Trinajstić information content (AvgIpc) is 2.40. The van der Waals surface area contributed by atoms with Gasteiger partial charge in [-0.15, -0.1) is 0 Å². The molecule has 1 aromatic rings. The van der Waals surface area contributed by atoms with Crippen LogP contribution < -0.4 is 16.0 Å². The quantitative estimate of drug-likeness (QED) is 0.580. The molecule has 0 amide bonds. The number of hydrazine groups is 1. The molecule has 0 aliphatic carbocycles. The van der Waals surface area contributed by atoms with Gasteiger partial charge in [0.15, 0.2) is 11.6 Å². The Morgan fingerprint density at radius 1 is 1.39 bits per heavy atom. The minimum atomic E-state index is -0.402. The van der Waals surface area contributed by atoms with E-state index in [-0.39, 0.29) is 11.9 Å². The second-order valence-corrected chi connectivity index (χ2v) is 3.91. The number of halogens is 1. The van der Waals surface area contributed by atoms with Crippen LogP contribution in [-0.4, -0.2) is 19.8 Å². The maximum Gasteiger partial charge on any atom is 0.169 e. The summed E-state index contributed by atoms with van der Waals surface area (Å²) in [6, 6.07) is 4.60. The summed E-state index contributed by atoms with van der Waals surface area (Å²) in [5, 5.41) is 0. The number of methoxy groups -OCH3 is 1. The molecule has 0 fully saturated rings. The monoisotopic (exact) mass is 256 g/mol. The lowest BCUT2D eigenvalue weighted by molar-refractivity contribution is 0.0304. The smallest absolute Gasteiger partial charge is 0.169 e. The zero-order chi connectivity index (χ0) is 13.5. The molecule has 0 bridgehead atoms. The predicted octanol–water partition coefficient (Wildman–Crippen LogP) is 2.15. The Morgan fingerprint density at radius 2 is 2.11 bits per heavy atom. The standard InChI is InChI=1S/C13H21FN2O2/c1-4-10(18-5-2)13(16-15)9-7-6-8-11(17-3)12(9)14/h6-8,10,13,16H,4-5,15H2,1-3H3. The van der Waals surface area contributed by atoms with E-state index in [1.165, 1.54) is 7.11 Å². The first-order valence-electron chi connectivity index (χ1n) is 6.09. The molecule has 5 heteroatoms. The first-order valence-corrected chi connectivity index (χ1v) is 6.09. The van der Waals surface area contributed by atoms with Gasteiger partial charge in [-0.3, -0.25) is 11.3 Å². The van der Waals surface area contributed by atoms with Gasteiger partial charge in [0, 0.05) is 12.2 Å². The third-order valence-electron chi connectivity index (χ3n) is 2.88. The fourth-order valence-corrected chi connectivity index (χ4v) is 1.99. The molecule has 102 valence electrons. The van der Waals surface area contributed by atoms with Crippen LogP contribution in [0.25, 0.3) is 0 Å². The normalized spacial score (nSPS) is 14.3. The molecule has 1 rings (SSSR count). The van der Waals surface area contributed by atoms with Crippen LogP contribution >= 0.6 is 0 Å². The molecular weight excluding hydrogens is 235 g/mol. The van der Waals surface area contributed by atoms with E-state index in [9.17, 15) is 4.39 Å². The van der Waals surface area contributed by atoms with Crippen molar-refractivity contribution in [2.45, 2.75) is 32.4 Å². The van der Waals surface area contributed by atoms with Crippen LogP contribution in [0.15, 0.2) is 18.2 Å². The molecule has 4 nitrogen and oxygen atoms in total. The lowest BCUT2D eigenvalue weighted by Crippen LogP contribution is -2.38. The van der Waals surface area contributed by atoms with Crippen LogP contribution in [0.4, 0.5) is 4.39 Å². The van der Waals surface area contributed by atoms with E-state index in [0.717, 1.165) is 6.42 Å². The Bertz CT molecular complexity index is 374. The van der Waals surface area contributed by atoms with Gasteiger partial charge in [-0.05, 0) is 19.4 Å². The SMILES string of the molecule is CCOC(CC)C(NN)c1cccc(OC)c1F. The van der Waals surface area contributed by atoms with Gasteiger partial charge in [0.1, 0.15) is 0 Å². The molecular formula is C13H21FN2O2. The van der Waals surface area contributed by atoms with Gasteiger partial charge in [-0.1, -0.05) is 19.1 Å². The van der Waals surface area contributed by atoms with Crippen LogP contribution in [-0.2, 0) is 4.74 Å². The van der Waals surface area contributed by atoms with Crippen molar-refractivity contribution >= 4 is 0 Å². The van der Waals surface area contributed by atoms with E-state index in [4.69, 9.17) is 15.3 Å². The van der Waals surface area contributed by atoms with Gasteiger partial charge in [0.2, 0.25) is 0 Å². The summed E-state index contributed by atoms with van der Waals surface area (Å²) in [6.45, 7) is 4.43. The summed E-state index contributed by atoms with van der Waals surface area (Å²) in [5.74, 6) is 5.34. The van der Waals surface area contributed by atoms with E-state index >= 15 is 0 Å². The van der Waals surface area contributed by atoms with Gasteiger partial charge >= 0.3 is 0 Å². The Labute approximate surface area is 107 Å². The van der Waals surface area contributed by atoms with Gasteiger partial charge in [0.05, 0.1) is 19.3 Å². The molecule has 0 radical (unpaired) electrons. The Balaban J connectivity index is 3.07. The van der Waals surface area contributed by atoms with Gasteiger partial charge in [0.25, 0.3) is 0 Å². The number of benzene rings is 1. The van der Waals surface area contributed by atoms with Gasteiger partial charge in [-0.2, -0.15) is 0 Å². The maximum atomic E-state index is 14.2. The minimum absolute atomic E-state index is 0.179. The summed E-state index contributed by atoms with van der Waals surface area (Å²) < 4.78 is 24.7. The Hall–Kier alpha value is -1.17. The molecule has 2 atom stereocenters. The minimum Gasteiger partial charge on any atom is -0.494 e. The molecule has 2 unspecified atom stereocenters. The number of ether oxygens (including phenoxy) is 2. The first-order chi connectivity index (χ1) is 8.69. The van der Waals surface area contributed by atoms with Crippen molar-refractivity contribution in [1.82, 2.24) is 5.43 Å². The van der Waals surface area contributed by atoms with E-state index in [2.05, 4.69) is 5.43 Å². The van der Waals surface area contributed by atoms with E-state index < -0.39 is 11.9 Å². The molecule has 1 aromatic carbocycles. The van der Waals surface area contributed by atoms with Crippen molar-refractivity contribution in [2.75, 3.05) is 13.7 Å². The molecule has 0 aliphatic rings. The van der Waals surface area contributed by atoms with Crippen LogP contribution in [0.3, 0.4) is 0 Å². The van der Waals surface area contributed by atoms with Crippen LogP contribution in [0.5, 0.6) is 5.75 Å². The topological polar surface area (TPSA) is 56.5 Å². The predicted molar refractivity (Wildman–Crippen MR) is 68.7 cm³/mol. The zero-order valence-corrected chi connectivity index (χ0v) is 11.1. The second kappa shape index (κ2) is 7.31. The van der Waals surface area contributed by atoms with Crippen LogP contribution in [0.2, 0.25) is 0 Å². The van der Waals surface area contributed by atoms with Crippen molar-refractivity contribution in [3.63, 3.8) is 0 Å². The number of rotatable bonds is 7. The summed E-state index contributed by atoms with van der Waals surface area (Å²) >= 11 is 0. The largest absolute Gasteiger partial charge is 0.494 e. The Kier molecular flexibility index (Phi) is 6.04. The molecule has 0 heterocycles. The van der Waals surface area contributed by atoms with E-state index in [1.54, 1.807) is 18.2 Å². The van der Waals surface area contributed by atoms with Gasteiger partial charge < -0.3 is 9.47 Å². The summed E-state index contributed by atoms with van der Waals surface area (Å²) in [6.07, 6.45) is 0.556. The number of nitrogens with two attached hydrogens (primary N) is 1. The van der Waals surface area contributed by atoms with Gasteiger partial charge in [-0.25, -0.2) is 4.39 Å². The van der Waals surface area contributed by atoms with Crippen molar-refractivity contribution in [1.29, 1.82) is 0 Å². The lowest BCUT2D eigenvalue weighted by Gasteiger charge is -2.26. The van der Waals surface area contributed by atoms with Crippen molar-refractivity contribution in [2.24, 2.45) is 5.84 Å². The highest BCUT2D eigenvalue weighted by atomic mass is 19.1. The molecule has 0 aromatic heterocycles. The lowest BCUT2D eigenvalue weighted by atomic mass is 9.99. The number of hydrogen-bond acceptors (Lipinski definition) is 4. The molecule has 0 aliphatic heterocycles. The maximum absolute atomic E-state index is 14.2. The summed E-state index contributed by atoms with van der Waals surface area (Å²) in [4.78, 5) is 0. The first kappa shape index (κ1) is 14.9. The molecule has 0 saturated carbocycles. The third-order valence-corrected chi connectivity index (χ3v) is 2.88. The average molecular weight is 256 g/mol. The molecule has 18 heavy (non-hydrogen) atoms. The summed E-state index contributed by atoms with van der Waals surface area (Å²) in [7, 11) is 1.44. The van der Waals surface area contributed by atoms with E-state index in [1.807, 2.05) is 13.8 Å². The highest BCUT2D eigenvalue weighted by Gasteiger charge is 2.25. The van der Waals surface area contributed by atoms with Crippen LogP contribution in [0.1, 0.15) is 31.9 Å². The highest BCUT2D eigenvalue weighted by Crippen LogP contribution is 2.28. The molecule has 0 spiro atoms. The van der Waals surface area contributed by atoms with Crippen molar-refractivity contribution in [3.05, 3.63) is 29.6 Å². The second-order valence-electron chi connectivity index (χ2n) is 3.91.